The smallest absolute Gasteiger partial charge is 0.317 e. The summed E-state index contributed by atoms with van der Waals surface area (Å²) in [7, 11) is 1.66. The molecule has 0 saturated carbocycles. The van der Waals surface area contributed by atoms with Crippen molar-refractivity contribution in [2.45, 2.75) is 45.4 Å². The van der Waals surface area contributed by atoms with Gasteiger partial charge in [0, 0.05) is 33.4 Å². The van der Waals surface area contributed by atoms with Crippen molar-refractivity contribution in [3.05, 3.63) is 0 Å². The summed E-state index contributed by atoms with van der Waals surface area (Å²) in [6, 6.07) is -0.145. The van der Waals surface area contributed by atoms with Gasteiger partial charge < -0.3 is 20.1 Å². The number of hydrogen-bond acceptors (Lipinski definition) is 3. The molecular weight excluding hydrogens is 272 g/mol. The third-order valence-electron chi connectivity index (χ3n) is 4.10. The van der Waals surface area contributed by atoms with E-state index in [-0.39, 0.29) is 6.03 Å². The molecule has 6 heteroatoms. The molecule has 2 amide bonds. The predicted molar refractivity (Wildman–Crippen MR) is 80.3 cm³/mol. The third-order valence-corrected chi connectivity index (χ3v) is 4.10. The lowest BCUT2D eigenvalue weighted by Crippen LogP contribution is -2.52. The number of amides is 2. The first kappa shape index (κ1) is 17.8. The van der Waals surface area contributed by atoms with E-state index in [9.17, 15) is 14.7 Å². The number of ether oxygens (including phenoxy) is 1. The molecule has 1 fully saturated rings. The molecule has 1 atom stereocenters. The summed E-state index contributed by atoms with van der Waals surface area (Å²) < 4.78 is 4.96. The van der Waals surface area contributed by atoms with Gasteiger partial charge in [0.15, 0.2) is 0 Å². The second-order valence-corrected chi connectivity index (χ2v) is 5.79. The lowest BCUT2D eigenvalue weighted by molar-refractivity contribution is -0.152. The van der Waals surface area contributed by atoms with Crippen molar-refractivity contribution in [2.75, 3.05) is 33.4 Å². The summed E-state index contributed by atoms with van der Waals surface area (Å²) in [4.78, 5) is 25.4. The number of likely N-dealkylation sites (tertiary alicyclic amines) is 1. The molecule has 0 aromatic heterocycles. The van der Waals surface area contributed by atoms with Gasteiger partial charge in [-0.1, -0.05) is 13.3 Å². The van der Waals surface area contributed by atoms with E-state index in [0.29, 0.717) is 39.1 Å². The van der Waals surface area contributed by atoms with E-state index in [1.54, 1.807) is 12.0 Å². The van der Waals surface area contributed by atoms with Gasteiger partial charge in [0.05, 0.1) is 5.41 Å². The summed E-state index contributed by atoms with van der Waals surface area (Å²) in [6.45, 7) is 4.24. The van der Waals surface area contributed by atoms with Crippen molar-refractivity contribution in [2.24, 2.45) is 5.41 Å². The van der Waals surface area contributed by atoms with Gasteiger partial charge in [0.25, 0.3) is 0 Å². The molecule has 2 N–H and O–H groups in total. The molecule has 1 unspecified atom stereocenters. The maximum atomic E-state index is 12.1. The fourth-order valence-electron chi connectivity index (χ4n) is 2.95. The lowest BCUT2D eigenvalue weighted by Gasteiger charge is -2.39. The highest BCUT2D eigenvalue weighted by Crippen LogP contribution is 2.35. The average Bonchev–Trinajstić information content (AvgIpc) is 2.47. The number of carboxylic acid groups (broad SMARTS) is 1. The Hall–Kier alpha value is -1.30. The van der Waals surface area contributed by atoms with Gasteiger partial charge in [-0.2, -0.15) is 0 Å². The molecule has 0 aliphatic carbocycles. The van der Waals surface area contributed by atoms with Crippen LogP contribution in [0.25, 0.3) is 0 Å². The van der Waals surface area contributed by atoms with Gasteiger partial charge in [-0.15, -0.1) is 0 Å². The van der Waals surface area contributed by atoms with Crippen molar-refractivity contribution >= 4 is 12.0 Å². The number of rotatable bonds is 8. The van der Waals surface area contributed by atoms with Gasteiger partial charge in [-0.3, -0.25) is 4.79 Å². The molecule has 0 bridgehead atoms. The van der Waals surface area contributed by atoms with E-state index in [0.717, 1.165) is 25.7 Å². The van der Waals surface area contributed by atoms with E-state index in [4.69, 9.17) is 4.74 Å². The molecule has 1 rings (SSSR count). The normalized spacial score (nSPS) is 22.1. The molecule has 0 aromatic rings. The van der Waals surface area contributed by atoms with Crippen molar-refractivity contribution in [1.82, 2.24) is 10.2 Å². The third kappa shape index (κ3) is 5.19. The average molecular weight is 300 g/mol. The number of urea groups is 1. The van der Waals surface area contributed by atoms with Gasteiger partial charge in [0.1, 0.15) is 0 Å². The quantitative estimate of drug-likeness (QED) is 0.673. The Bertz CT molecular complexity index is 345. The Morgan fingerprint density at radius 1 is 1.38 bits per heavy atom. The van der Waals surface area contributed by atoms with Gasteiger partial charge in [-0.05, 0) is 32.1 Å². The molecule has 21 heavy (non-hydrogen) atoms. The van der Waals surface area contributed by atoms with Crippen LogP contribution in [0.4, 0.5) is 4.79 Å². The molecule has 1 aliphatic heterocycles. The lowest BCUT2D eigenvalue weighted by atomic mass is 9.76. The van der Waals surface area contributed by atoms with Gasteiger partial charge >= 0.3 is 12.0 Å². The summed E-state index contributed by atoms with van der Waals surface area (Å²) in [5, 5.41) is 12.4. The van der Waals surface area contributed by atoms with Gasteiger partial charge in [-0.25, -0.2) is 4.79 Å². The molecule has 1 aliphatic rings. The molecular formula is C15H28N2O4. The van der Waals surface area contributed by atoms with E-state index in [1.807, 2.05) is 6.92 Å². The molecule has 6 nitrogen and oxygen atoms in total. The maximum Gasteiger partial charge on any atom is 0.317 e. The predicted octanol–water partition coefficient (Wildman–Crippen LogP) is 2.09. The van der Waals surface area contributed by atoms with Crippen LogP contribution in [0.2, 0.25) is 0 Å². The first-order valence-corrected chi connectivity index (χ1v) is 7.81. The second-order valence-electron chi connectivity index (χ2n) is 5.79. The Morgan fingerprint density at radius 2 is 2.14 bits per heavy atom. The largest absolute Gasteiger partial charge is 0.481 e. The van der Waals surface area contributed by atoms with E-state index in [1.165, 1.54) is 0 Å². The minimum absolute atomic E-state index is 0.145. The highest BCUT2D eigenvalue weighted by molar-refractivity contribution is 5.78. The van der Waals surface area contributed by atoms with E-state index >= 15 is 0 Å². The van der Waals surface area contributed by atoms with Crippen LogP contribution in [0, 0.1) is 5.41 Å². The van der Waals surface area contributed by atoms with Crippen LogP contribution >= 0.6 is 0 Å². The number of carbonyl (C=O) groups is 2. The summed E-state index contributed by atoms with van der Waals surface area (Å²) >= 11 is 0. The van der Waals surface area contributed by atoms with Crippen LogP contribution < -0.4 is 5.32 Å². The highest BCUT2D eigenvalue weighted by Gasteiger charge is 2.42. The minimum atomic E-state index is -0.776. The minimum Gasteiger partial charge on any atom is -0.481 e. The second kappa shape index (κ2) is 8.87. The Morgan fingerprint density at radius 3 is 2.76 bits per heavy atom. The number of aliphatic carboxylic acids is 1. The fourth-order valence-corrected chi connectivity index (χ4v) is 2.95. The Kier molecular flexibility index (Phi) is 7.50. The van der Waals surface area contributed by atoms with Crippen molar-refractivity contribution < 1.29 is 19.4 Å². The Labute approximate surface area is 126 Å². The topological polar surface area (TPSA) is 78.9 Å². The molecule has 1 heterocycles. The summed E-state index contributed by atoms with van der Waals surface area (Å²) in [5.41, 5.74) is -0.764. The van der Waals surface area contributed by atoms with Crippen molar-refractivity contribution in [3.8, 4) is 0 Å². The molecule has 1 saturated heterocycles. The SMILES string of the molecule is CCCC1(C(=O)O)CCCN(C(=O)NCCCCOC)C1. The molecule has 122 valence electrons. The Balaban J connectivity index is 2.47. The number of carboxylic acids is 1. The standard InChI is InChI=1S/C15H28N2O4/c1-3-7-15(13(18)19)8-6-10-17(12-15)14(20)16-9-4-5-11-21-2/h3-12H2,1-2H3,(H,16,20)(H,18,19). The maximum absolute atomic E-state index is 12.1. The fraction of sp³-hybridized carbons (Fsp3) is 0.867. The zero-order valence-electron chi connectivity index (χ0n) is 13.2. The molecule has 0 spiro atoms. The van der Waals surface area contributed by atoms with Crippen molar-refractivity contribution in [1.29, 1.82) is 0 Å². The van der Waals surface area contributed by atoms with Crippen molar-refractivity contribution in [3.63, 3.8) is 0 Å². The van der Waals surface area contributed by atoms with Crippen LogP contribution in [0.1, 0.15) is 45.4 Å². The highest BCUT2D eigenvalue weighted by atomic mass is 16.5. The van der Waals surface area contributed by atoms with E-state index in [2.05, 4.69) is 5.32 Å². The molecule has 0 radical (unpaired) electrons. The van der Waals surface area contributed by atoms with Gasteiger partial charge in [0.2, 0.25) is 0 Å². The van der Waals surface area contributed by atoms with Crippen LogP contribution in [0.5, 0.6) is 0 Å². The summed E-state index contributed by atoms with van der Waals surface area (Å²) in [6.07, 6.45) is 4.63. The summed E-state index contributed by atoms with van der Waals surface area (Å²) in [5.74, 6) is -0.776. The monoisotopic (exact) mass is 300 g/mol. The first-order chi connectivity index (χ1) is 10.1. The van der Waals surface area contributed by atoms with E-state index < -0.39 is 11.4 Å². The number of nitrogens with zero attached hydrogens (tertiary/aromatic N) is 1. The van der Waals surface area contributed by atoms with Crippen LogP contribution in [0.15, 0.2) is 0 Å². The van der Waals surface area contributed by atoms with Crippen LogP contribution in [0.3, 0.4) is 0 Å². The zero-order chi connectivity index (χ0) is 15.7. The zero-order valence-corrected chi connectivity index (χ0v) is 13.2. The number of hydrogen-bond donors (Lipinski definition) is 2. The number of carbonyl (C=O) groups excluding carboxylic acids is 1. The van der Waals surface area contributed by atoms with Crippen LogP contribution in [-0.4, -0.2) is 55.4 Å². The number of piperidine rings is 1. The first-order valence-electron chi connectivity index (χ1n) is 7.81. The van der Waals surface area contributed by atoms with Crippen LogP contribution in [-0.2, 0) is 9.53 Å². The number of unbranched alkanes of at least 4 members (excludes halogenated alkanes) is 1. The number of nitrogens with one attached hydrogen (secondary N) is 1. The molecule has 0 aromatic carbocycles. The number of methoxy groups -OCH3 is 1.